The molecule has 13 nitrogen and oxygen atoms in total. The Hall–Kier alpha value is -2.88. The van der Waals surface area contributed by atoms with Crippen LogP contribution in [0.2, 0.25) is 0 Å². The molecule has 1 atom stereocenters. The summed E-state index contributed by atoms with van der Waals surface area (Å²) in [5.41, 5.74) is -3.30. The van der Waals surface area contributed by atoms with Crippen molar-refractivity contribution in [1.29, 1.82) is 0 Å². The topological polar surface area (TPSA) is 154 Å². The number of carbonyl (C=O) groups is 5. The molecule has 1 heterocycles. The number of nitrogens with zero attached hydrogens (tertiary/aromatic N) is 3. The number of rotatable bonds is 17. The van der Waals surface area contributed by atoms with E-state index in [9.17, 15) is 24.0 Å². The van der Waals surface area contributed by atoms with Crippen LogP contribution in [0.3, 0.4) is 0 Å². The fourth-order valence-electron chi connectivity index (χ4n) is 4.09. The van der Waals surface area contributed by atoms with Crippen LogP contribution in [0, 0.1) is 0 Å². The molecule has 0 saturated heterocycles. The van der Waals surface area contributed by atoms with Crippen LogP contribution >= 0.6 is 21.6 Å². The van der Waals surface area contributed by atoms with Crippen LogP contribution < -0.4 is 5.32 Å². The first kappa shape index (κ1) is 44.1. The highest BCUT2D eigenvalue weighted by molar-refractivity contribution is 8.76. The average molecular weight is 729 g/mol. The van der Waals surface area contributed by atoms with Gasteiger partial charge in [0.05, 0.1) is 26.2 Å². The van der Waals surface area contributed by atoms with Gasteiger partial charge in [0.1, 0.15) is 33.5 Å². The van der Waals surface area contributed by atoms with Crippen molar-refractivity contribution in [2.24, 2.45) is 0 Å². The van der Waals surface area contributed by atoms with Gasteiger partial charge in [-0.15, -0.1) is 0 Å². The molecule has 0 aliphatic carbocycles. The van der Waals surface area contributed by atoms with Gasteiger partial charge in [-0.3, -0.25) is 33.8 Å². The minimum Gasteiger partial charge on any atom is -0.459 e. The molecule has 0 radical (unpaired) electrons. The van der Waals surface area contributed by atoms with E-state index in [1.807, 2.05) is 18.2 Å². The zero-order chi connectivity index (χ0) is 37.6. The molecule has 0 saturated carbocycles. The highest BCUT2D eigenvalue weighted by Crippen LogP contribution is 2.28. The Morgan fingerprint density at radius 2 is 1.12 bits per heavy atom. The second kappa shape index (κ2) is 19.5. The Kier molecular flexibility index (Phi) is 17.6. The number of nitrogens with one attached hydrogen (secondary N) is 1. The second-order valence-electron chi connectivity index (χ2n) is 15.3. The van der Waals surface area contributed by atoms with Gasteiger partial charge >= 0.3 is 23.9 Å². The summed E-state index contributed by atoms with van der Waals surface area (Å²) in [6.07, 6.45) is 1.69. The van der Waals surface area contributed by atoms with E-state index in [4.69, 9.17) is 18.9 Å². The molecule has 0 aromatic carbocycles. The molecule has 1 aromatic rings. The predicted octanol–water partition coefficient (Wildman–Crippen LogP) is 4.28. The van der Waals surface area contributed by atoms with E-state index in [2.05, 4.69) is 10.3 Å². The van der Waals surface area contributed by atoms with Gasteiger partial charge < -0.3 is 24.3 Å². The molecule has 0 bridgehead atoms. The second-order valence-corrected chi connectivity index (χ2v) is 17.7. The maximum absolute atomic E-state index is 14.0. The summed E-state index contributed by atoms with van der Waals surface area (Å²) in [5, 5.41) is 3.70. The summed E-state index contributed by atoms with van der Waals surface area (Å²) < 4.78 is 22.1. The Morgan fingerprint density at radius 1 is 0.694 bits per heavy atom. The van der Waals surface area contributed by atoms with Crippen molar-refractivity contribution < 1.29 is 42.9 Å². The van der Waals surface area contributed by atoms with Gasteiger partial charge in [0.15, 0.2) is 0 Å². The third-order valence-corrected chi connectivity index (χ3v) is 7.76. The van der Waals surface area contributed by atoms with Gasteiger partial charge in [-0.05, 0) is 106 Å². The summed E-state index contributed by atoms with van der Waals surface area (Å²) in [7, 11) is 2.95. The average Bonchev–Trinajstić information content (AvgIpc) is 2.87. The first-order valence-electron chi connectivity index (χ1n) is 16.1. The van der Waals surface area contributed by atoms with Crippen molar-refractivity contribution in [3.05, 3.63) is 24.4 Å². The van der Waals surface area contributed by atoms with Gasteiger partial charge in [-0.25, -0.2) is 4.98 Å². The molecule has 0 aliphatic rings. The molecule has 1 N–H and O–H groups in total. The van der Waals surface area contributed by atoms with Gasteiger partial charge in [0.2, 0.25) is 5.91 Å². The van der Waals surface area contributed by atoms with Crippen molar-refractivity contribution in [3.63, 3.8) is 0 Å². The summed E-state index contributed by atoms with van der Waals surface area (Å²) >= 11 is 0. The Labute approximate surface area is 299 Å². The minimum atomic E-state index is -1.21. The zero-order valence-electron chi connectivity index (χ0n) is 31.2. The molecule has 278 valence electrons. The Balaban J connectivity index is 3.45. The van der Waals surface area contributed by atoms with Crippen LogP contribution in [-0.2, 0) is 42.9 Å². The molecule has 1 amide bonds. The number of ether oxygens (including phenoxy) is 4. The van der Waals surface area contributed by atoms with E-state index in [0.29, 0.717) is 5.75 Å². The third kappa shape index (κ3) is 22.5. The fraction of sp³-hybridized carbons (Fsp3) is 0.706. The summed E-state index contributed by atoms with van der Waals surface area (Å²) in [6, 6.07) is 4.37. The monoisotopic (exact) mass is 728 g/mol. The Morgan fingerprint density at radius 3 is 1.51 bits per heavy atom. The van der Waals surface area contributed by atoms with E-state index in [-0.39, 0.29) is 26.2 Å². The molecular formula is C34H56N4O9S2. The lowest BCUT2D eigenvalue weighted by Crippen LogP contribution is -2.57. The molecule has 49 heavy (non-hydrogen) atoms. The van der Waals surface area contributed by atoms with Gasteiger partial charge in [-0.1, -0.05) is 16.9 Å². The van der Waals surface area contributed by atoms with Crippen LogP contribution in [0.1, 0.15) is 83.1 Å². The minimum absolute atomic E-state index is 0.241. The largest absolute Gasteiger partial charge is 0.459 e. The Bertz CT molecular complexity index is 1180. The highest BCUT2D eigenvalue weighted by atomic mass is 33.1. The first-order chi connectivity index (χ1) is 22.3. The molecule has 0 aliphatic heterocycles. The van der Waals surface area contributed by atoms with Gasteiger partial charge in [0.25, 0.3) is 0 Å². The van der Waals surface area contributed by atoms with Crippen molar-refractivity contribution in [2.45, 2.75) is 117 Å². The number of hydrogen-bond donors (Lipinski definition) is 1. The van der Waals surface area contributed by atoms with Gasteiger partial charge in [0, 0.05) is 25.0 Å². The number of aromatic nitrogens is 1. The number of carbonyl (C=O) groups excluding carboxylic acids is 5. The van der Waals surface area contributed by atoms with Crippen LogP contribution in [0.25, 0.3) is 0 Å². The molecule has 1 unspecified atom stereocenters. The zero-order valence-corrected chi connectivity index (χ0v) is 32.8. The summed E-state index contributed by atoms with van der Waals surface area (Å²) in [6.45, 7) is 18.9. The van der Waals surface area contributed by atoms with E-state index in [0.717, 1.165) is 5.03 Å². The number of hydrogen-bond acceptors (Lipinski definition) is 14. The molecule has 1 aromatic heterocycles. The van der Waals surface area contributed by atoms with Crippen LogP contribution in [0.15, 0.2) is 29.4 Å². The van der Waals surface area contributed by atoms with E-state index in [1.54, 1.807) is 89.3 Å². The maximum Gasteiger partial charge on any atom is 0.320 e. The number of pyridine rings is 1. The quantitative estimate of drug-likeness (QED) is 0.105. The predicted molar refractivity (Wildman–Crippen MR) is 191 cm³/mol. The summed E-state index contributed by atoms with van der Waals surface area (Å²) in [4.78, 5) is 73.2. The van der Waals surface area contributed by atoms with Crippen molar-refractivity contribution in [2.75, 3.05) is 45.0 Å². The SMILES string of the molecule is CC(C)(C)OC(=O)CN(CC(=O)OC(C)(C)C)CC(C(=O)NCCSSc1ccccn1)N(CC(=O)OC(C)(C)C)CC(=O)OC(C)(C)C. The number of esters is 4. The van der Waals surface area contributed by atoms with Gasteiger partial charge in [-0.2, -0.15) is 0 Å². The fourth-order valence-corrected chi connectivity index (χ4v) is 5.88. The molecule has 1 rings (SSSR count). The van der Waals surface area contributed by atoms with E-state index < -0.39 is 71.3 Å². The molecule has 15 heteroatoms. The van der Waals surface area contributed by atoms with Crippen LogP contribution in [-0.4, -0.2) is 118 Å². The maximum atomic E-state index is 14.0. The smallest absolute Gasteiger partial charge is 0.320 e. The highest BCUT2D eigenvalue weighted by Gasteiger charge is 2.35. The van der Waals surface area contributed by atoms with Crippen LogP contribution in [0.5, 0.6) is 0 Å². The lowest BCUT2D eigenvalue weighted by molar-refractivity contribution is -0.165. The molecule has 0 fully saturated rings. The molecule has 0 spiro atoms. The third-order valence-electron chi connectivity index (χ3n) is 5.49. The summed E-state index contributed by atoms with van der Waals surface area (Å²) in [5.74, 6) is -2.65. The van der Waals surface area contributed by atoms with E-state index >= 15 is 0 Å². The normalized spacial score (nSPS) is 13.1. The van der Waals surface area contributed by atoms with Crippen LogP contribution in [0.4, 0.5) is 0 Å². The standard InChI is InChI=1S/C34H56N4O9S2/c1-31(2,3)44-26(39)20-37(21-27(40)45-32(4,5)6)19-24(30(43)36-17-18-48-49-25-15-13-14-16-35-25)38(22-28(41)46-33(7,8)9)23-29(42)47-34(10,11)12/h13-16,24H,17-23H2,1-12H3,(H,36,43). The van der Waals surface area contributed by atoms with Crippen molar-refractivity contribution in [1.82, 2.24) is 20.1 Å². The number of amides is 1. The molecular weight excluding hydrogens is 673 g/mol. The van der Waals surface area contributed by atoms with Crippen molar-refractivity contribution >= 4 is 51.4 Å². The lowest BCUT2D eigenvalue weighted by Gasteiger charge is -2.34. The lowest BCUT2D eigenvalue weighted by atomic mass is 10.1. The first-order valence-corrected chi connectivity index (χ1v) is 18.5. The van der Waals surface area contributed by atoms with E-state index in [1.165, 1.54) is 31.4 Å². The van der Waals surface area contributed by atoms with Crippen molar-refractivity contribution in [3.8, 4) is 0 Å².